The van der Waals surface area contributed by atoms with Crippen LogP contribution in [0.25, 0.3) is 0 Å². The Labute approximate surface area is 261 Å². The molecule has 0 aromatic rings. The van der Waals surface area contributed by atoms with E-state index in [1.54, 1.807) is 0 Å². The van der Waals surface area contributed by atoms with Gasteiger partial charge in [-0.05, 0) is 85.7 Å². The van der Waals surface area contributed by atoms with Gasteiger partial charge in [-0.2, -0.15) is 0 Å². The third-order valence-corrected chi connectivity index (χ3v) is 11.0. The van der Waals surface area contributed by atoms with Crippen molar-refractivity contribution in [1.29, 1.82) is 0 Å². The van der Waals surface area contributed by atoms with E-state index in [0.29, 0.717) is 12.5 Å². The molecule has 0 aromatic carbocycles. The van der Waals surface area contributed by atoms with Crippen LogP contribution in [0.1, 0.15) is 119 Å². The fourth-order valence-corrected chi connectivity index (χ4v) is 8.01. The zero-order valence-corrected chi connectivity index (χ0v) is 28.3. The molecule has 4 saturated heterocycles. The molecule has 4 fully saturated rings. The molecule has 4 aliphatic rings. The molecular weight excluding hydrogens is 546 g/mol. The topological polar surface area (TPSA) is 83.5 Å². The maximum atomic E-state index is 13.7. The van der Waals surface area contributed by atoms with Crippen LogP contribution < -0.4 is 0 Å². The zero-order chi connectivity index (χ0) is 31.3. The molecule has 13 atom stereocenters. The largest absolute Gasteiger partial charge is 0.462 e. The number of cyclic esters (lactones) is 2. The second-order valence-corrected chi connectivity index (χ2v) is 14.5. The fourth-order valence-electron chi connectivity index (χ4n) is 8.01. The number of hydrogen-bond acceptors (Lipinski definition) is 8. The van der Waals surface area contributed by atoms with Gasteiger partial charge in [0.2, 0.25) is 0 Å². The molecule has 4 aliphatic heterocycles. The Bertz CT molecular complexity index is 897. The third kappa shape index (κ3) is 8.74. The molecule has 0 aliphatic carbocycles. The van der Waals surface area contributed by atoms with Gasteiger partial charge in [0.1, 0.15) is 12.2 Å². The average Bonchev–Trinajstić information content (AvgIpc) is 3.75. The van der Waals surface area contributed by atoms with Crippen molar-refractivity contribution in [3.8, 4) is 0 Å². The predicted molar refractivity (Wildman–Crippen MR) is 167 cm³/mol. The van der Waals surface area contributed by atoms with Crippen molar-refractivity contribution in [2.45, 2.75) is 173 Å². The standard InChI is InChI=1S/C35H61NO7/c1-9-11-25(36(7)8)19-27-13-15-29(39-27)21(3)33-22(4)30-17-18-32(42-30)24(6)34(37)41-26(12-10-2)20-28-14-16-31(40-28)23(5)35(38)43-33/h21-33H,9-20H2,1-8H3/t21-,22-,23+,24-,25+,26+,27+,28-,29-,30-,31-,32-,33-/m1/s1. The Hall–Kier alpha value is -1.22. The smallest absolute Gasteiger partial charge is 0.311 e. The summed E-state index contributed by atoms with van der Waals surface area (Å²) in [5.41, 5.74) is 0. The fraction of sp³-hybridized carbons (Fsp3) is 0.943. The van der Waals surface area contributed by atoms with E-state index in [0.717, 1.165) is 70.6 Å². The van der Waals surface area contributed by atoms with Crippen molar-refractivity contribution in [3.05, 3.63) is 0 Å². The summed E-state index contributed by atoms with van der Waals surface area (Å²) in [6.07, 6.45) is 10.3. The van der Waals surface area contributed by atoms with Gasteiger partial charge in [-0.1, -0.05) is 40.5 Å². The van der Waals surface area contributed by atoms with Crippen LogP contribution in [0.3, 0.4) is 0 Å². The van der Waals surface area contributed by atoms with Gasteiger partial charge >= 0.3 is 11.9 Å². The Morgan fingerprint density at radius 2 is 1.42 bits per heavy atom. The molecule has 0 spiro atoms. The summed E-state index contributed by atoms with van der Waals surface area (Å²) in [6.45, 7) is 12.6. The second kappa shape index (κ2) is 15.9. The van der Waals surface area contributed by atoms with E-state index in [1.807, 2.05) is 13.8 Å². The van der Waals surface area contributed by atoms with Crippen molar-refractivity contribution in [3.63, 3.8) is 0 Å². The lowest BCUT2D eigenvalue weighted by molar-refractivity contribution is -0.175. The van der Waals surface area contributed by atoms with E-state index >= 15 is 0 Å². The lowest BCUT2D eigenvalue weighted by Gasteiger charge is -2.36. The molecule has 0 amide bonds. The lowest BCUT2D eigenvalue weighted by Crippen LogP contribution is -2.44. The van der Waals surface area contributed by atoms with Crippen molar-refractivity contribution in [2.24, 2.45) is 23.7 Å². The summed E-state index contributed by atoms with van der Waals surface area (Å²) >= 11 is 0. The van der Waals surface area contributed by atoms with E-state index in [-0.39, 0.29) is 84.4 Å². The molecule has 0 radical (unpaired) electrons. The number of esters is 2. The molecule has 43 heavy (non-hydrogen) atoms. The molecular formula is C35H61NO7. The summed E-state index contributed by atoms with van der Waals surface area (Å²) in [5.74, 6) is -1.08. The van der Waals surface area contributed by atoms with Gasteiger partial charge in [-0.15, -0.1) is 0 Å². The summed E-state index contributed by atoms with van der Waals surface area (Å²) in [6, 6.07) is 0.509. The molecule has 4 heterocycles. The van der Waals surface area contributed by atoms with Crippen LogP contribution in [0.5, 0.6) is 0 Å². The molecule has 4 bridgehead atoms. The highest BCUT2D eigenvalue weighted by Gasteiger charge is 2.46. The third-order valence-electron chi connectivity index (χ3n) is 11.0. The van der Waals surface area contributed by atoms with Crippen molar-refractivity contribution < 1.29 is 33.3 Å². The number of rotatable bonds is 9. The second-order valence-electron chi connectivity index (χ2n) is 14.5. The predicted octanol–water partition coefficient (Wildman–Crippen LogP) is 6.32. The van der Waals surface area contributed by atoms with Crippen LogP contribution in [0, 0.1) is 23.7 Å². The Morgan fingerprint density at radius 1 is 0.767 bits per heavy atom. The normalized spacial score (nSPS) is 40.8. The minimum absolute atomic E-state index is 0.0175. The Balaban J connectivity index is 1.51. The van der Waals surface area contributed by atoms with Crippen LogP contribution in [0.4, 0.5) is 0 Å². The zero-order valence-electron chi connectivity index (χ0n) is 28.3. The van der Waals surface area contributed by atoms with Gasteiger partial charge in [-0.25, -0.2) is 0 Å². The Morgan fingerprint density at radius 3 is 2.09 bits per heavy atom. The first-order valence-electron chi connectivity index (χ1n) is 17.6. The number of carbonyl (C=O) groups excluding carboxylic acids is 2. The maximum absolute atomic E-state index is 13.7. The summed E-state index contributed by atoms with van der Waals surface area (Å²) in [7, 11) is 4.32. The highest BCUT2D eigenvalue weighted by molar-refractivity contribution is 5.73. The maximum Gasteiger partial charge on any atom is 0.311 e. The van der Waals surface area contributed by atoms with E-state index in [1.165, 1.54) is 0 Å². The van der Waals surface area contributed by atoms with Gasteiger partial charge in [-0.3, -0.25) is 9.59 Å². The molecule has 248 valence electrons. The molecule has 4 rings (SSSR count). The number of carbonyl (C=O) groups is 2. The summed E-state index contributed by atoms with van der Waals surface area (Å²) in [4.78, 5) is 29.3. The van der Waals surface area contributed by atoms with Gasteiger partial charge in [0.25, 0.3) is 0 Å². The first-order valence-corrected chi connectivity index (χ1v) is 17.6. The van der Waals surface area contributed by atoms with Crippen LogP contribution >= 0.6 is 0 Å². The summed E-state index contributed by atoms with van der Waals surface area (Å²) in [5, 5.41) is 0. The highest BCUT2D eigenvalue weighted by Crippen LogP contribution is 2.39. The van der Waals surface area contributed by atoms with E-state index in [4.69, 9.17) is 23.7 Å². The van der Waals surface area contributed by atoms with Crippen molar-refractivity contribution in [1.82, 2.24) is 4.90 Å². The highest BCUT2D eigenvalue weighted by atomic mass is 16.6. The Kier molecular flexibility index (Phi) is 12.8. The van der Waals surface area contributed by atoms with Crippen LogP contribution in [-0.4, -0.2) is 85.8 Å². The molecule has 8 nitrogen and oxygen atoms in total. The SMILES string of the molecule is CCC[C@H]1C[C@H]2CC[C@@H](O2)[C@H](C)C(=O)O[C@H]([C@H](C)[C@H]2CC[C@@H](C[C@H](CCC)N(C)C)O2)[C@H](C)[C@H]2CC[C@@H](O2)[C@@H](C)C(=O)O1. The molecule has 8 heteroatoms. The number of ether oxygens (including phenoxy) is 5. The number of hydrogen-bond donors (Lipinski definition) is 0. The minimum atomic E-state index is -0.364. The molecule has 0 saturated carbocycles. The summed E-state index contributed by atoms with van der Waals surface area (Å²) < 4.78 is 32.2. The van der Waals surface area contributed by atoms with Crippen molar-refractivity contribution in [2.75, 3.05) is 14.1 Å². The monoisotopic (exact) mass is 607 g/mol. The minimum Gasteiger partial charge on any atom is -0.462 e. The molecule has 0 N–H and O–H groups in total. The number of fused-ring (bicyclic) bond motifs is 4. The lowest BCUT2D eigenvalue weighted by atomic mass is 9.84. The van der Waals surface area contributed by atoms with E-state index < -0.39 is 0 Å². The van der Waals surface area contributed by atoms with E-state index in [2.05, 4.69) is 46.7 Å². The van der Waals surface area contributed by atoms with Gasteiger partial charge in [0.05, 0.1) is 48.5 Å². The molecule has 0 unspecified atom stereocenters. The van der Waals surface area contributed by atoms with Gasteiger partial charge in [0, 0.05) is 24.3 Å². The number of nitrogens with zero attached hydrogens (tertiary/aromatic N) is 1. The van der Waals surface area contributed by atoms with Gasteiger partial charge < -0.3 is 28.6 Å². The van der Waals surface area contributed by atoms with Crippen LogP contribution in [0.15, 0.2) is 0 Å². The quantitative estimate of drug-likeness (QED) is 0.282. The van der Waals surface area contributed by atoms with Crippen LogP contribution in [-0.2, 0) is 33.3 Å². The molecule has 0 aromatic heterocycles. The van der Waals surface area contributed by atoms with Crippen molar-refractivity contribution >= 4 is 11.9 Å². The first kappa shape index (κ1) is 34.6. The van der Waals surface area contributed by atoms with Crippen LogP contribution in [0.2, 0.25) is 0 Å². The first-order chi connectivity index (χ1) is 20.5. The van der Waals surface area contributed by atoms with E-state index in [9.17, 15) is 9.59 Å². The van der Waals surface area contributed by atoms with Gasteiger partial charge in [0.15, 0.2) is 0 Å². The average molecular weight is 608 g/mol.